The summed E-state index contributed by atoms with van der Waals surface area (Å²) < 4.78 is 32.3. The molecule has 1 fully saturated rings. The highest BCUT2D eigenvalue weighted by Crippen LogP contribution is 2.17. The predicted molar refractivity (Wildman–Crippen MR) is 92.3 cm³/mol. The van der Waals surface area contributed by atoms with Gasteiger partial charge in [-0.05, 0) is 38.1 Å². The Labute approximate surface area is 144 Å². The number of rotatable bonds is 5. The van der Waals surface area contributed by atoms with Gasteiger partial charge in [-0.3, -0.25) is 4.79 Å². The molecule has 24 heavy (non-hydrogen) atoms. The maximum atomic E-state index is 12.5. The van der Waals surface area contributed by atoms with E-state index in [1.54, 1.807) is 29.2 Å². The van der Waals surface area contributed by atoms with E-state index in [4.69, 9.17) is 4.74 Å². The van der Waals surface area contributed by atoms with Crippen LogP contribution in [0.15, 0.2) is 24.3 Å². The van der Waals surface area contributed by atoms with Crippen molar-refractivity contribution in [1.82, 2.24) is 13.5 Å². The van der Waals surface area contributed by atoms with Gasteiger partial charge in [-0.2, -0.15) is 17.0 Å². The molecule has 0 saturated carbocycles. The first-order valence-corrected chi connectivity index (χ1v) is 9.35. The highest BCUT2D eigenvalue weighted by Gasteiger charge is 2.30. The molecule has 1 amide bonds. The summed E-state index contributed by atoms with van der Waals surface area (Å²) in [5, 5.41) is 0. The number of hydrogen-bond donors (Lipinski definition) is 0. The second-order valence-electron chi connectivity index (χ2n) is 6.17. The Balaban J connectivity index is 1.98. The molecule has 0 atom stereocenters. The number of benzene rings is 1. The molecule has 134 valence electrons. The van der Waals surface area contributed by atoms with Crippen molar-refractivity contribution in [3.63, 3.8) is 0 Å². The van der Waals surface area contributed by atoms with E-state index in [1.165, 1.54) is 22.7 Å². The lowest BCUT2D eigenvalue weighted by Crippen LogP contribution is -2.53. The predicted octanol–water partition coefficient (Wildman–Crippen LogP) is 1.04. The highest BCUT2D eigenvalue weighted by molar-refractivity contribution is 7.86. The van der Waals surface area contributed by atoms with Crippen LogP contribution >= 0.6 is 0 Å². The summed E-state index contributed by atoms with van der Waals surface area (Å²) in [5.74, 6) is 0.636. The monoisotopic (exact) mass is 355 g/mol. The molecule has 1 aromatic rings. The maximum Gasteiger partial charge on any atom is 0.281 e. The fourth-order valence-electron chi connectivity index (χ4n) is 2.48. The minimum Gasteiger partial charge on any atom is -0.491 e. The number of piperazine rings is 1. The molecule has 1 aliphatic rings. The van der Waals surface area contributed by atoms with Gasteiger partial charge in [0.2, 0.25) is 0 Å². The third kappa shape index (κ3) is 4.25. The van der Waals surface area contributed by atoms with Crippen LogP contribution in [0.4, 0.5) is 0 Å². The maximum absolute atomic E-state index is 12.5. The van der Waals surface area contributed by atoms with Crippen molar-refractivity contribution in [2.45, 2.75) is 20.0 Å². The average molecular weight is 355 g/mol. The van der Waals surface area contributed by atoms with Crippen LogP contribution in [0.3, 0.4) is 0 Å². The molecule has 2 rings (SSSR count). The lowest BCUT2D eigenvalue weighted by molar-refractivity contribution is 0.0695. The van der Waals surface area contributed by atoms with Crippen molar-refractivity contribution in [1.29, 1.82) is 0 Å². The minimum absolute atomic E-state index is 0.0817. The molecule has 1 heterocycles. The molecule has 7 nitrogen and oxygen atoms in total. The SMILES string of the molecule is CC(C)Oc1ccc(C(=O)N2CCN(S(=O)(=O)N(C)C)CC2)cc1. The van der Waals surface area contributed by atoms with Crippen molar-refractivity contribution in [2.75, 3.05) is 40.3 Å². The van der Waals surface area contributed by atoms with Crippen molar-refractivity contribution < 1.29 is 17.9 Å². The molecule has 0 aromatic heterocycles. The molecular formula is C16H25N3O4S. The summed E-state index contributed by atoms with van der Waals surface area (Å²) >= 11 is 0. The quantitative estimate of drug-likeness (QED) is 0.791. The summed E-state index contributed by atoms with van der Waals surface area (Å²) in [6.07, 6.45) is 0.0817. The molecule has 8 heteroatoms. The number of carbonyl (C=O) groups is 1. The Kier molecular flexibility index (Phi) is 5.84. The third-order valence-electron chi connectivity index (χ3n) is 3.79. The minimum atomic E-state index is -3.42. The zero-order valence-corrected chi connectivity index (χ0v) is 15.4. The first-order valence-electron chi connectivity index (χ1n) is 7.95. The lowest BCUT2D eigenvalue weighted by Gasteiger charge is -2.35. The van der Waals surface area contributed by atoms with Crippen LogP contribution in [-0.2, 0) is 10.2 Å². The van der Waals surface area contributed by atoms with Crippen LogP contribution in [0.2, 0.25) is 0 Å². The highest BCUT2D eigenvalue weighted by atomic mass is 32.2. The van der Waals surface area contributed by atoms with Crippen LogP contribution < -0.4 is 4.74 Å². The number of hydrogen-bond acceptors (Lipinski definition) is 4. The Morgan fingerprint density at radius 1 is 1.08 bits per heavy atom. The number of carbonyl (C=O) groups excluding carboxylic acids is 1. The second-order valence-corrected chi connectivity index (χ2v) is 8.31. The van der Waals surface area contributed by atoms with Crippen molar-refractivity contribution >= 4 is 16.1 Å². The molecular weight excluding hydrogens is 330 g/mol. The van der Waals surface area contributed by atoms with Gasteiger partial charge >= 0.3 is 0 Å². The fraction of sp³-hybridized carbons (Fsp3) is 0.562. The largest absolute Gasteiger partial charge is 0.491 e. The van der Waals surface area contributed by atoms with Gasteiger partial charge in [-0.25, -0.2) is 0 Å². The molecule has 0 aliphatic carbocycles. The zero-order valence-electron chi connectivity index (χ0n) is 14.6. The second kappa shape index (κ2) is 7.50. The average Bonchev–Trinajstić information content (AvgIpc) is 2.54. The number of amides is 1. The van der Waals surface area contributed by atoms with Crippen molar-refractivity contribution in [3.05, 3.63) is 29.8 Å². The molecule has 0 spiro atoms. The summed E-state index contributed by atoms with van der Waals surface area (Å²) in [4.78, 5) is 14.2. The normalized spacial score (nSPS) is 16.7. The standard InChI is InChI=1S/C16H25N3O4S/c1-13(2)23-15-7-5-14(6-8-15)16(20)18-9-11-19(12-10-18)24(21,22)17(3)4/h5-8,13H,9-12H2,1-4H3. The zero-order chi connectivity index (χ0) is 17.9. The molecule has 0 N–H and O–H groups in total. The van der Waals surface area contributed by atoms with E-state index in [2.05, 4.69) is 0 Å². The van der Waals surface area contributed by atoms with Crippen LogP contribution in [0.25, 0.3) is 0 Å². The Morgan fingerprint density at radius 3 is 2.08 bits per heavy atom. The van der Waals surface area contributed by atoms with E-state index in [-0.39, 0.29) is 12.0 Å². The van der Waals surface area contributed by atoms with Crippen LogP contribution in [0.5, 0.6) is 5.75 Å². The van der Waals surface area contributed by atoms with E-state index < -0.39 is 10.2 Å². The molecule has 0 unspecified atom stereocenters. The van der Waals surface area contributed by atoms with Gasteiger partial charge in [0.1, 0.15) is 5.75 Å². The topological polar surface area (TPSA) is 70.2 Å². The number of nitrogens with zero attached hydrogens (tertiary/aromatic N) is 3. The summed E-state index contributed by atoms with van der Waals surface area (Å²) in [7, 11) is -0.404. The Bertz CT molecular complexity index is 663. The first-order chi connectivity index (χ1) is 11.2. The molecule has 0 bridgehead atoms. The summed E-state index contributed by atoms with van der Waals surface area (Å²) in [5.41, 5.74) is 0.579. The van der Waals surface area contributed by atoms with E-state index >= 15 is 0 Å². The van der Waals surface area contributed by atoms with Gasteiger partial charge in [-0.15, -0.1) is 0 Å². The van der Waals surface area contributed by atoms with Gasteiger partial charge < -0.3 is 9.64 Å². The summed E-state index contributed by atoms with van der Waals surface area (Å²) in [6.45, 7) is 5.27. The van der Waals surface area contributed by atoms with Gasteiger partial charge in [0, 0.05) is 45.8 Å². The van der Waals surface area contributed by atoms with Gasteiger partial charge in [0.05, 0.1) is 6.10 Å². The van der Waals surface area contributed by atoms with Gasteiger partial charge in [-0.1, -0.05) is 0 Å². The molecule has 1 aromatic carbocycles. The van der Waals surface area contributed by atoms with Gasteiger partial charge in [0.15, 0.2) is 0 Å². The Hall–Kier alpha value is -1.64. The van der Waals surface area contributed by atoms with Crippen molar-refractivity contribution in [2.24, 2.45) is 0 Å². The number of ether oxygens (including phenoxy) is 1. The smallest absolute Gasteiger partial charge is 0.281 e. The van der Waals surface area contributed by atoms with Crippen molar-refractivity contribution in [3.8, 4) is 5.75 Å². The van der Waals surface area contributed by atoms with Crippen LogP contribution in [-0.4, -0.2) is 74.2 Å². The first kappa shape index (κ1) is 18.7. The van der Waals surface area contributed by atoms with Crippen LogP contribution in [0.1, 0.15) is 24.2 Å². The Morgan fingerprint density at radius 2 is 1.62 bits per heavy atom. The fourth-order valence-corrected chi connectivity index (χ4v) is 3.57. The summed E-state index contributed by atoms with van der Waals surface area (Å²) in [6, 6.07) is 7.03. The van der Waals surface area contributed by atoms with E-state index in [0.29, 0.717) is 31.7 Å². The van der Waals surface area contributed by atoms with E-state index in [1.807, 2.05) is 13.8 Å². The molecule has 1 aliphatic heterocycles. The van der Waals surface area contributed by atoms with E-state index in [9.17, 15) is 13.2 Å². The van der Waals surface area contributed by atoms with Gasteiger partial charge in [0.25, 0.3) is 16.1 Å². The third-order valence-corrected chi connectivity index (χ3v) is 5.73. The van der Waals surface area contributed by atoms with E-state index in [0.717, 1.165) is 5.75 Å². The lowest BCUT2D eigenvalue weighted by atomic mass is 10.2. The molecule has 1 saturated heterocycles. The molecule has 0 radical (unpaired) electrons. The van der Waals surface area contributed by atoms with Crippen LogP contribution in [0, 0.1) is 0 Å².